The molecule has 0 amide bonds. The molecule has 0 bridgehead atoms. The van der Waals surface area contributed by atoms with Gasteiger partial charge in [0, 0.05) is 24.2 Å². The third-order valence-electron chi connectivity index (χ3n) is 1.46. The lowest BCUT2D eigenvalue weighted by molar-refractivity contribution is 0.402. The summed E-state index contributed by atoms with van der Waals surface area (Å²) in [5.74, 6) is 0. The lowest BCUT2D eigenvalue weighted by Crippen LogP contribution is -2.09. The molecule has 0 radical (unpaired) electrons. The van der Waals surface area contributed by atoms with Crippen LogP contribution in [0.3, 0.4) is 0 Å². The number of rotatable bonds is 1. The van der Waals surface area contributed by atoms with E-state index in [0.717, 1.165) is 13.2 Å². The molecule has 3 nitrogen and oxygen atoms in total. The Hall–Kier alpha value is -0.500. The molecule has 58 valence electrons. The van der Waals surface area contributed by atoms with Gasteiger partial charge in [0.1, 0.15) is 8.30 Å². The Labute approximate surface area is 66.7 Å². The van der Waals surface area contributed by atoms with Crippen LogP contribution in [0.1, 0.15) is 0 Å². The van der Waals surface area contributed by atoms with Gasteiger partial charge in [-0.2, -0.15) is 0 Å². The van der Waals surface area contributed by atoms with E-state index < -0.39 is 8.30 Å². The van der Waals surface area contributed by atoms with E-state index in [-0.39, 0.29) is 0 Å². The molecular formula is C7H9N2OP. The van der Waals surface area contributed by atoms with E-state index in [0.29, 0.717) is 0 Å². The maximum absolute atomic E-state index is 5.45. The zero-order valence-electron chi connectivity index (χ0n) is 6.03. The number of hydrogen-bond acceptors (Lipinski definition) is 3. The molecule has 1 aromatic rings. The zero-order valence-corrected chi connectivity index (χ0v) is 6.92. The summed E-state index contributed by atoms with van der Waals surface area (Å²) in [5.41, 5.74) is 0. The van der Waals surface area contributed by atoms with Gasteiger partial charge >= 0.3 is 0 Å². The van der Waals surface area contributed by atoms with E-state index in [2.05, 4.69) is 10.1 Å². The van der Waals surface area contributed by atoms with Crippen LogP contribution in [0.4, 0.5) is 0 Å². The summed E-state index contributed by atoms with van der Waals surface area (Å²) in [6.45, 7) is 1.78. The second kappa shape index (κ2) is 3.26. The van der Waals surface area contributed by atoms with Gasteiger partial charge in [-0.25, -0.2) is 0 Å². The summed E-state index contributed by atoms with van der Waals surface area (Å²) in [5, 5.41) is 4.44. The Morgan fingerprint density at radius 2 is 2.64 bits per heavy atom. The summed E-state index contributed by atoms with van der Waals surface area (Å²) in [6.07, 6.45) is 3.62. The van der Waals surface area contributed by atoms with Crippen molar-refractivity contribution in [1.82, 2.24) is 10.1 Å². The monoisotopic (exact) mass is 168 g/mol. The standard InChI is InChI=1S/C7H9N2OP/c1-2-7(6-8-3-1)11-9-4-5-10-11/h1-3,6,9H,4-5H2. The van der Waals surface area contributed by atoms with Crippen LogP contribution in [-0.2, 0) is 4.52 Å². The van der Waals surface area contributed by atoms with Crippen LogP contribution in [0, 0.1) is 0 Å². The van der Waals surface area contributed by atoms with Gasteiger partial charge in [0.2, 0.25) is 0 Å². The number of nitrogens with zero attached hydrogens (tertiary/aromatic N) is 1. The molecular weight excluding hydrogens is 159 g/mol. The fourth-order valence-electron chi connectivity index (χ4n) is 0.969. The Balaban J connectivity index is 2.16. The minimum Gasteiger partial charge on any atom is -0.338 e. The lowest BCUT2D eigenvalue weighted by atomic mass is 10.5. The molecule has 1 unspecified atom stereocenters. The SMILES string of the molecule is c1cncc(P2NCCO2)c1. The third kappa shape index (κ3) is 1.56. The minimum absolute atomic E-state index is 0.553. The first-order valence-corrected chi connectivity index (χ1v) is 4.79. The topological polar surface area (TPSA) is 34.2 Å². The van der Waals surface area contributed by atoms with E-state index in [1.807, 2.05) is 18.3 Å². The molecule has 2 heterocycles. The van der Waals surface area contributed by atoms with E-state index in [1.165, 1.54) is 5.30 Å². The molecule has 0 aliphatic carbocycles. The van der Waals surface area contributed by atoms with Crippen LogP contribution in [0.5, 0.6) is 0 Å². The molecule has 4 heteroatoms. The molecule has 1 saturated heterocycles. The van der Waals surface area contributed by atoms with Crippen molar-refractivity contribution in [3.8, 4) is 0 Å². The molecule has 1 fully saturated rings. The van der Waals surface area contributed by atoms with Crippen LogP contribution in [0.15, 0.2) is 24.5 Å². The van der Waals surface area contributed by atoms with Crippen molar-refractivity contribution in [1.29, 1.82) is 0 Å². The second-order valence-corrected chi connectivity index (χ2v) is 3.93. The lowest BCUT2D eigenvalue weighted by Gasteiger charge is -2.06. The number of aromatic nitrogens is 1. The molecule has 1 aromatic heterocycles. The minimum atomic E-state index is -0.553. The van der Waals surface area contributed by atoms with E-state index in [9.17, 15) is 0 Å². The quantitative estimate of drug-likeness (QED) is 0.625. The Morgan fingerprint density at radius 1 is 1.64 bits per heavy atom. The van der Waals surface area contributed by atoms with Crippen LogP contribution in [-0.4, -0.2) is 18.1 Å². The fraction of sp³-hybridized carbons (Fsp3) is 0.286. The largest absolute Gasteiger partial charge is 0.338 e. The van der Waals surface area contributed by atoms with Crippen LogP contribution >= 0.6 is 8.30 Å². The maximum Gasteiger partial charge on any atom is 0.136 e. The zero-order chi connectivity index (χ0) is 7.52. The summed E-state index contributed by atoms with van der Waals surface area (Å²) in [4.78, 5) is 4.03. The van der Waals surface area contributed by atoms with E-state index in [4.69, 9.17) is 4.52 Å². The van der Waals surface area contributed by atoms with Gasteiger partial charge in [-0.1, -0.05) is 0 Å². The first-order valence-electron chi connectivity index (χ1n) is 3.53. The molecule has 1 aliphatic heterocycles. The third-order valence-corrected chi connectivity index (χ3v) is 3.14. The Morgan fingerprint density at radius 3 is 3.27 bits per heavy atom. The van der Waals surface area contributed by atoms with Crippen LogP contribution in [0.25, 0.3) is 0 Å². The predicted octanol–water partition coefficient (Wildman–Crippen LogP) is 0.639. The summed E-state index contributed by atoms with van der Waals surface area (Å²) in [6, 6.07) is 3.97. The van der Waals surface area contributed by atoms with E-state index in [1.54, 1.807) is 6.20 Å². The summed E-state index contributed by atoms with van der Waals surface area (Å²) in [7, 11) is -0.553. The second-order valence-electron chi connectivity index (χ2n) is 2.25. The number of hydrogen-bond donors (Lipinski definition) is 1. The molecule has 1 aliphatic rings. The van der Waals surface area contributed by atoms with Gasteiger partial charge in [0.05, 0.1) is 6.61 Å². The van der Waals surface area contributed by atoms with Crippen molar-refractivity contribution in [3.63, 3.8) is 0 Å². The van der Waals surface area contributed by atoms with Crippen LogP contribution in [0.2, 0.25) is 0 Å². The highest BCUT2D eigenvalue weighted by atomic mass is 31.2. The molecule has 11 heavy (non-hydrogen) atoms. The van der Waals surface area contributed by atoms with Crippen molar-refractivity contribution in [2.75, 3.05) is 13.2 Å². The summed E-state index contributed by atoms with van der Waals surface area (Å²) >= 11 is 0. The predicted molar refractivity (Wildman–Crippen MR) is 44.7 cm³/mol. The van der Waals surface area contributed by atoms with Gasteiger partial charge in [0.25, 0.3) is 0 Å². The molecule has 0 aromatic carbocycles. The smallest absolute Gasteiger partial charge is 0.136 e. The van der Waals surface area contributed by atoms with Gasteiger partial charge in [0.15, 0.2) is 0 Å². The highest BCUT2D eigenvalue weighted by Gasteiger charge is 2.16. The average Bonchev–Trinajstić information content (AvgIpc) is 2.58. The van der Waals surface area contributed by atoms with Gasteiger partial charge in [-0.15, -0.1) is 0 Å². The first-order chi connectivity index (χ1) is 5.47. The van der Waals surface area contributed by atoms with Crippen LogP contribution < -0.4 is 10.4 Å². The van der Waals surface area contributed by atoms with Crippen molar-refractivity contribution in [2.45, 2.75) is 0 Å². The molecule has 1 N–H and O–H groups in total. The Bertz CT molecular complexity index is 223. The van der Waals surface area contributed by atoms with Gasteiger partial charge < -0.3 is 4.52 Å². The number of nitrogens with one attached hydrogen (secondary N) is 1. The fourth-order valence-corrected chi connectivity index (χ4v) is 2.35. The van der Waals surface area contributed by atoms with Crippen molar-refractivity contribution >= 4 is 13.6 Å². The average molecular weight is 168 g/mol. The highest BCUT2D eigenvalue weighted by Crippen LogP contribution is 2.33. The first kappa shape index (κ1) is 7.17. The molecule has 0 spiro atoms. The van der Waals surface area contributed by atoms with Gasteiger partial charge in [-0.05, 0) is 12.1 Å². The van der Waals surface area contributed by atoms with Crippen molar-refractivity contribution in [2.24, 2.45) is 0 Å². The van der Waals surface area contributed by atoms with Crippen molar-refractivity contribution < 1.29 is 4.52 Å². The van der Waals surface area contributed by atoms with Gasteiger partial charge in [-0.3, -0.25) is 10.1 Å². The Kier molecular flexibility index (Phi) is 2.13. The normalized spacial score (nSPS) is 23.8. The van der Waals surface area contributed by atoms with E-state index >= 15 is 0 Å². The number of pyridine rings is 1. The molecule has 1 atom stereocenters. The molecule has 0 saturated carbocycles. The van der Waals surface area contributed by atoms with Crippen molar-refractivity contribution in [3.05, 3.63) is 24.5 Å². The highest BCUT2D eigenvalue weighted by molar-refractivity contribution is 7.59. The summed E-state index contributed by atoms with van der Waals surface area (Å²) < 4.78 is 5.45. The maximum atomic E-state index is 5.45. The molecule has 2 rings (SSSR count).